The lowest BCUT2D eigenvalue weighted by Crippen LogP contribution is -2.25. The molecule has 0 unspecified atom stereocenters. The molecule has 1 saturated carbocycles. The highest BCUT2D eigenvalue weighted by Gasteiger charge is 2.19. The third-order valence-electron chi connectivity index (χ3n) is 4.12. The molecule has 21 heavy (non-hydrogen) atoms. The smallest absolute Gasteiger partial charge is 0.224 e. The number of rotatable bonds is 5. The summed E-state index contributed by atoms with van der Waals surface area (Å²) in [5.41, 5.74) is 3.81. The Morgan fingerprint density at radius 3 is 2.62 bits per heavy atom. The predicted molar refractivity (Wildman–Crippen MR) is 77.6 cm³/mol. The van der Waals surface area contributed by atoms with Gasteiger partial charge in [0.15, 0.2) is 0 Å². The Morgan fingerprint density at radius 2 is 2.05 bits per heavy atom. The van der Waals surface area contributed by atoms with Crippen LogP contribution in [-0.2, 0) is 17.8 Å². The lowest BCUT2D eigenvalue weighted by molar-refractivity contribution is -0.120. The van der Waals surface area contributed by atoms with Gasteiger partial charge in [-0.25, -0.2) is 4.63 Å². The Bertz CT molecular complexity index is 615. The van der Waals surface area contributed by atoms with E-state index in [4.69, 9.17) is 0 Å². The Morgan fingerprint density at radius 1 is 1.29 bits per heavy atom. The number of hydrogen-bond donors (Lipinski definition) is 1. The maximum Gasteiger partial charge on any atom is 0.224 e. The van der Waals surface area contributed by atoms with E-state index in [0.717, 1.165) is 11.5 Å². The third kappa shape index (κ3) is 3.29. The quantitative estimate of drug-likeness (QED) is 0.916. The first-order valence-corrected chi connectivity index (χ1v) is 7.36. The summed E-state index contributed by atoms with van der Waals surface area (Å²) < 4.78 is 4.60. The molecule has 1 aliphatic carbocycles. The maximum absolute atomic E-state index is 11.9. The van der Waals surface area contributed by atoms with E-state index in [0.29, 0.717) is 24.4 Å². The van der Waals surface area contributed by atoms with Crippen LogP contribution in [0.3, 0.4) is 0 Å². The topological polar surface area (TPSA) is 68.0 Å². The summed E-state index contributed by atoms with van der Waals surface area (Å²) in [7, 11) is 0. The van der Waals surface area contributed by atoms with Gasteiger partial charge in [0.2, 0.25) is 5.91 Å². The summed E-state index contributed by atoms with van der Waals surface area (Å²) in [5, 5.41) is 10.3. The molecule has 1 aliphatic rings. The number of aryl methyl sites for hydroxylation is 1. The first-order chi connectivity index (χ1) is 10.2. The fourth-order valence-electron chi connectivity index (χ4n) is 2.49. The van der Waals surface area contributed by atoms with Gasteiger partial charge in [-0.2, -0.15) is 0 Å². The molecule has 1 heterocycles. The number of amides is 1. The van der Waals surface area contributed by atoms with E-state index in [1.165, 1.54) is 24.8 Å². The number of hydrogen-bond acceptors (Lipinski definition) is 4. The molecule has 1 aromatic carbocycles. The zero-order valence-electron chi connectivity index (χ0n) is 12.1. The van der Waals surface area contributed by atoms with Crippen LogP contribution >= 0.6 is 0 Å². The monoisotopic (exact) mass is 285 g/mol. The lowest BCUT2D eigenvalue weighted by Gasteiger charge is -2.25. The van der Waals surface area contributed by atoms with Crippen LogP contribution in [0.4, 0.5) is 0 Å². The van der Waals surface area contributed by atoms with Crippen molar-refractivity contribution in [3.8, 4) is 0 Å². The van der Waals surface area contributed by atoms with Crippen molar-refractivity contribution in [3.05, 3.63) is 46.8 Å². The number of carbonyl (C=O) groups is 1. The zero-order valence-corrected chi connectivity index (χ0v) is 12.1. The minimum Gasteiger partial charge on any atom is -0.350 e. The Labute approximate surface area is 123 Å². The fourth-order valence-corrected chi connectivity index (χ4v) is 2.49. The van der Waals surface area contributed by atoms with E-state index >= 15 is 0 Å². The molecule has 0 saturated heterocycles. The van der Waals surface area contributed by atoms with Crippen molar-refractivity contribution in [1.29, 1.82) is 0 Å². The second kappa shape index (κ2) is 6.08. The first-order valence-electron chi connectivity index (χ1n) is 7.36. The highest BCUT2D eigenvalue weighted by molar-refractivity contribution is 5.78. The van der Waals surface area contributed by atoms with E-state index in [2.05, 4.69) is 44.5 Å². The number of nitrogens with zero attached hydrogens (tertiary/aromatic N) is 2. The van der Waals surface area contributed by atoms with Crippen LogP contribution < -0.4 is 5.32 Å². The van der Waals surface area contributed by atoms with Crippen LogP contribution in [0.5, 0.6) is 0 Å². The largest absolute Gasteiger partial charge is 0.350 e. The van der Waals surface area contributed by atoms with Crippen LogP contribution in [0, 0.1) is 6.92 Å². The second-order valence-corrected chi connectivity index (χ2v) is 5.62. The molecule has 1 aromatic heterocycles. The molecule has 0 bridgehead atoms. The number of aromatic nitrogens is 2. The molecule has 0 atom stereocenters. The molecule has 3 rings (SSSR count). The molecular formula is C16H19N3O2. The summed E-state index contributed by atoms with van der Waals surface area (Å²) in [6.45, 7) is 2.16. The van der Waals surface area contributed by atoms with Gasteiger partial charge in [-0.3, -0.25) is 4.79 Å². The zero-order chi connectivity index (χ0) is 14.7. The fraction of sp³-hybridized carbons (Fsp3) is 0.438. The molecule has 0 aliphatic heterocycles. The molecular weight excluding hydrogens is 266 g/mol. The van der Waals surface area contributed by atoms with Crippen LogP contribution in [0.1, 0.15) is 47.7 Å². The average molecular weight is 285 g/mol. The Hall–Kier alpha value is -2.17. The number of benzene rings is 1. The van der Waals surface area contributed by atoms with Crippen LogP contribution in [0.15, 0.2) is 28.9 Å². The Balaban J connectivity index is 1.51. The summed E-state index contributed by atoms with van der Waals surface area (Å²) in [6.07, 6.45) is 4.32. The van der Waals surface area contributed by atoms with Gasteiger partial charge in [-0.1, -0.05) is 41.0 Å². The van der Waals surface area contributed by atoms with Crippen molar-refractivity contribution in [2.75, 3.05) is 0 Å². The molecule has 1 fully saturated rings. The van der Waals surface area contributed by atoms with Gasteiger partial charge < -0.3 is 5.32 Å². The molecule has 2 aromatic rings. The Kier molecular flexibility index (Phi) is 3.99. The summed E-state index contributed by atoms with van der Waals surface area (Å²) >= 11 is 0. The van der Waals surface area contributed by atoms with Gasteiger partial charge in [0.1, 0.15) is 11.4 Å². The van der Waals surface area contributed by atoms with Gasteiger partial charge in [0.25, 0.3) is 0 Å². The van der Waals surface area contributed by atoms with Crippen LogP contribution in [-0.4, -0.2) is 16.2 Å². The second-order valence-electron chi connectivity index (χ2n) is 5.62. The minimum absolute atomic E-state index is 0.0196. The minimum atomic E-state index is -0.0196. The molecule has 0 spiro atoms. The highest BCUT2D eigenvalue weighted by atomic mass is 16.6. The van der Waals surface area contributed by atoms with E-state index in [1.807, 2.05) is 0 Å². The van der Waals surface area contributed by atoms with Crippen molar-refractivity contribution in [2.45, 2.75) is 45.1 Å². The SMILES string of the molecule is Cc1nonc1CNC(=O)Cc1ccc(C2CCC2)cc1. The van der Waals surface area contributed by atoms with Crippen molar-refractivity contribution in [2.24, 2.45) is 0 Å². The highest BCUT2D eigenvalue weighted by Crippen LogP contribution is 2.36. The van der Waals surface area contributed by atoms with E-state index in [1.54, 1.807) is 6.92 Å². The van der Waals surface area contributed by atoms with Crippen molar-refractivity contribution in [3.63, 3.8) is 0 Å². The number of nitrogens with one attached hydrogen (secondary N) is 1. The van der Waals surface area contributed by atoms with Crippen LogP contribution in [0.25, 0.3) is 0 Å². The van der Waals surface area contributed by atoms with Gasteiger partial charge >= 0.3 is 0 Å². The van der Waals surface area contributed by atoms with Gasteiger partial charge in [0.05, 0.1) is 13.0 Å². The normalized spacial score (nSPS) is 14.7. The summed E-state index contributed by atoms with van der Waals surface area (Å²) in [4.78, 5) is 11.9. The third-order valence-corrected chi connectivity index (χ3v) is 4.12. The summed E-state index contributed by atoms with van der Waals surface area (Å²) in [5.74, 6) is 0.712. The lowest BCUT2D eigenvalue weighted by atomic mass is 9.80. The van der Waals surface area contributed by atoms with Gasteiger partial charge in [-0.15, -0.1) is 0 Å². The summed E-state index contributed by atoms with van der Waals surface area (Å²) in [6, 6.07) is 8.41. The van der Waals surface area contributed by atoms with Crippen LogP contribution in [0.2, 0.25) is 0 Å². The molecule has 5 nitrogen and oxygen atoms in total. The number of carbonyl (C=O) groups excluding carboxylic acids is 1. The van der Waals surface area contributed by atoms with Crippen molar-refractivity contribution < 1.29 is 9.42 Å². The molecule has 5 heteroatoms. The van der Waals surface area contributed by atoms with E-state index in [9.17, 15) is 4.79 Å². The molecule has 0 radical (unpaired) electrons. The average Bonchev–Trinajstić information content (AvgIpc) is 2.82. The van der Waals surface area contributed by atoms with E-state index < -0.39 is 0 Å². The van der Waals surface area contributed by atoms with Crippen molar-refractivity contribution >= 4 is 5.91 Å². The maximum atomic E-state index is 11.9. The van der Waals surface area contributed by atoms with Gasteiger partial charge in [-0.05, 0) is 36.8 Å². The van der Waals surface area contributed by atoms with Crippen molar-refractivity contribution in [1.82, 2.24) is 15.6 Å². The van der Waals surface area contributed by atoms with Gasteiger partial charge in [0, 0.05) is 0 Å². The molecule has 1 amide bonds. The molecule has 110 valence electrons. The standard InChI is InChI=1S/C16H19N3O2/c1-11-15(19-21-18-11)10-17-16(20)9-12-5-7-14(8-6-12)13-3-2-4-13/h5-8,13H,2-4,9-10H2,1H3,(H,17,20). The first kappa shape index (κ1) is 13.8. The van der Waals surface area contributed by atoms with E-state index in [-0.39, 0.29) is 5.91 Å². The predicted octanol–water partition coefficient (Wildman–Crippen LogP) is 2.50. The molecule has 1 N–H and O–H groups in total.